The van der Waals surface area contributed by atoms with Crippen LogP contribution in [0.5, 0.6) is 0 Å². The summed E-state index contributed by atoms with van der Waals surface area (Å²) in [5.41, 5.74) is 5.76. The Morgan fingerprint density at radius 3 is 2.02 bits per heavy atom. The molecule has 40 heavy (non-hydrogen) atoms. The van der Waals surface area contributed by atoms with E-state index in [1.54, 1.807) is 0 Å². The third kappa shape index (κ3) is 7.69. The minimum atomic E-state index is -0.849. The zero-order valence-electron chi connectivity index (χ0n) is 23.9. The van der Waals surface area contributed by atoms with Crippen LogP contribution in [0, 0.1) is 0 Å². The number of rotatable bonds is 7. The van der Waals surface area contributed by atoms with Crippen LogP contribution in [0.3, 0.4) is 0 Å². The molecule has 1 aromatic heterocycles. The summed E-state index contributed by atoms with van der Waals surface area (Å²) in [6.45, 7) is 12.4. The largest absolute Gasteiger partial charge is 2.00 e. The monoisotopic (exact) mass is 652 g/mol. The molecule has 7 heteroatoms. The zero-order valence-corrected chi connectivity index (χ0v) is 27.9. The van der Waals surface area contributed by atoms with Crippen molar-refractivity contribution in [3.63, 3.8) is 0 Å². The van der Waals surface area contributed by atoms with Crippen molar-refractivity contribution in [1.29, 1.82) is 0 Å². The molecule has 0 radical (unpaired) electrons. The van der Waals surface area contributed by atoms with Crippen LogP contribution in [0.15, 0.2) is 78.9 Å². The molecule has 0 saturated heterocycles. The van der Waals surface area contributed by atoms with E-state index >= 15 is 0 Å². The van der Waals surface area contributed by atoms with Crippen LogP contribution in [-0.2, 0) is 36.5 Å². The predicted octanol–water partition coefficient (Wildman–Crippen LogP) is 1.58. The van der Waals surface area contributed by atoms with Crippen molar-refractivity contribution in [3.8, 4) is 11.3 Å². The SMILES string of the molecule is CC(C)c1cccc(C(C)C)c1C(=O)NC(C)(C)c1nc(-c2ccccc2)ccc1C1=CC=CCC1=O.[Cl-].[Cl-].[Zr+2]. The molecule has 0 unspecified atom stereocenters. The number of ketones is 1. The third-order valence-electron chi connectivity index (χ3n) is 6.88. The van der Waals surface area contributed by atoms with Crippen LogP contribution in [0.2, 0.25) is 0 Å². The van der Waals surface area contributed by atoms with E-state index < -0.39 is 5.54 Å². The summed E-state index contributed by atoms with van der Waals surface area (Å²) in [4.78, 5) is 31.9. The van der Waals surface area contributed by atoms with Gasteiger partial charge >= 0.3 is 26.2 Å². The Hall–Kier alpha value is -2.33. The minimum absolute atomic E-state index is 0. The van der Waals surface area contributed by atoms with Gasteiger partial charge in [-0.3, -0.25) is 9.59 Å². The first-order valence-electron chi connectivity index (χ1n) is 13.0. The van der Waals surface area contributed by atoms with E-state index in [-0.39, 0.29) is 74.5 Å². The van der Waals surface area contributed by atoms with Gasteiger partial charge < -0.3 is 30.1 Å². The average molecular weight is 655 g/mol. The van der Waals surface area contributed by atoms with E-state index in [0.717, 1.165) is 33.5 Å². The van der Waals surface area contributed by atoms with Gasteiger partial charge in [0.2, 0.25) is 0 Å². The van der Waals surface area contributed by atoms with Crippen molar-refractivity contribution in [2.45, 2.75) is 65.3 Å². The van der Waals surface area contributed by atoms with Gasteiger partial charge in [-0.25, -0.2) is 4.98 Å². The van der Waals surface area contributed by atoms with Gasteiger partial charge in [0.1, 0.15) is 0 Å². The van der Waals surface area contributed by atoms with Gasteiger partial charge in [-0.1, -0.05) is 101 Å². The van der Waals surface area contributed by atoms with E-state index in [1.165, 1.54) is 0 Å². The first kappa shape index (κ1) is 35.7. The number of aromatic nitrogens is 1. The van der Waals surface area contributed by atoms with Gasteiger partial charge in [0.15, 0.2) is 5.78 Å². The van der Waals surface area contributed by atoms with Crippen molar-refractivity contribution in [1.82, 2.24) is 10.3 Å². The Morgan fingerprint density at radius 1 is 0.875 bits per heavy atom. The number of nitrogens with zero attached hydrogens (tertiary/aromatic N) is 1. The number of hydrogen-bond acceptors (Lipinski definition) is 3. The molecule has 4 nitrogen and oxygen atoms in total. The van der Waals surface area contributed by atoms with Gasteiger partial charge in [0.25, 0.3) is 5.91 Å². The number of carbonyl (C=O) groups is 2. The normalized spacial score (nSPS) is 12.7. The zero-order chi connectivity index (χ0) is 26.7. The fraction of sp³-hybridized carbons (Fsp3) is 0.303. The number of allylic oxidation sites excluding steroid dienone is 4. The van der Waals surface area contributed by atoms with Crippen LogP contribution in [0.25, 0.3) is 16.8 Å². The van der Waals surface area contributed by atoms with Crippen LogP contribution in [0.1, 0.15) is 92.5 Å². The summed E-state index contributed by atoms with van der Waals surface area (Å²) in [5.74, 6) is 0.330. The average Bonchev–Trinajstić information content (AvgIpc) is 2.88. The van der Waals surface area contributed by atoms with Gasteiger partial charge in [-0.2, -0.15) is 0 Å². The second-order valence-electron chi connectivity index (χ2n) is 10.8. The molecule has 0 aliphatic heterocycles. The van der Waals surface area contributed by atoms with Crippen molar-refractivity contribution in [3.05, 3.63) is 107 Å². The maximum atomic E-state index is 14.0. The molecule has 3 aromatic rings. The second-order valence-corrected chi connectivity index (χ2v) is 10.8. The molecule has 0 bridgehead atoms. The summed E-state index contributed by atoms with van der Waals surface area (Å²) in [5, 5.41) is 3.29. The first-order chi connectivity index (χ1) is 17.6. The van der Waals surface area contributed by atoms with Gasteiger partial charge in [0, 0.05) is 28.7 Å². The van der Waals surface area contributed by atoms with Crippen molar-refractivity contribution < 1.29 is 60.6 Å². The van der Waals surface area contributed by atoms with Crippen molar-refractivity contribution >= 4 is 17.3 Å². The molecule has 2 aromatic carbocycles. The van der Waals surface area contributed by atoms with Gasteiger partial charge in [-0.05, 0) is 42.9 Å². The van der Waals surface area contributed by atoms with Crippen LogP contribution in [-0.4, -0.2) is 16.7 Å². The van der Waals surface area contributed by atoms with Crippen molar-refractivity contribution in [2.75, 3.05) is 0 Å². The van der Waals surface area contributed by atoms with E-state index in [0.29, 0.717) is 17.7 Å². The van der Waals surface area contributed by atoms with E-state index in [4.69, 9.17) is 4.98 Å². The standard InChI is InChI=1S/C33H36N2O2.2ClH.Zr/c1-21(2)24-16-12-17-25(22(3)4)30(24)32(37)35-33(5,6)31-27(26-15-10-11-18-29(26)36)19-20-28(34-31)23-13-8-7-9-14-23;;;/h7-17,19-22H,18H2,1-6H3,(H,35,37);2*1H;/q;;;+2/p-2. The number of benzene rings is 2. The molecule has 0 spiro atoms. The third-order valence-corrected chi connectivity index (χ3v) is 6.88. The Kier molecular flexibility index (Phi) is 13.4. The second kappa shape index (κ2) is 15.1. The molecule has 1 heterocycles. The molecule has 0 fully saturated rings. The fourth-order valence-corrected chi connectivity index (χ4v) is 4.92. The molecule has 1 N–H and O–H groups in total. The summed E-state index contributed by atoms with van der Waals surface area (Å²) in [7, 11) is 0. The van der Waals surface area contributed by atoms with Crippen LogP contribution >= 0.6 is 0 Å². The number of pyridine rings is 1. The molecule has 0 atom stereocenters. The van der Waals surface area contributed by atoms with Gasteiger partial charge in [0.05, 0.1) is 16.9 Å². The topological polar surface area (TPSA) is 59.1 Å². The van der Waals surface area contributed by atoms with Crippen LogP contribution < -0.4 is 30.1 Å². The molecule has 1 aliphatic carbocycles. The van der Waals surface area contributed by atoms with Gasteiger partial charge in [-0.15, -0.1) is 0 Å². The number of halogens is 2. The Labute approximate surface area is 270 Å². The fourth-order valence-electron chi connectivity index (χ4n) is 4.92. The molecule has 208 valence electrons. The molecular formula is C33H36Cl2N2O2Zr. The first-order valence-corrected chi connectivity index (χ1v) is 13.0. The number of nitrogens with one attached hydrogen (secondary N) is 1. The number of amides is 1. The molecule has 0 saturated carbocycles. The summed E-state index contributed by atoms with van der Waals surface area (Å²) in [6.07, 6.45) is 5.97. The Morgan fingerprint density at radius 2 is 1.48 bits per heavy atom. The van der Waals surface area contributed by atoms with E-state index in [9.17, 15) is 9.59 Å². The smallest absolute Gasteiger partial charge is 1.00 e. The van der Waals surface area contributed by atoms with Crippen LogP contribution in [0.4, 0.5) is 0 Å². The molecular weight excluding hydrogens is 619 g/mol. The Balaban J connectivity index is 0.00000267. The quantitative estimate of drug-likeness (QED) is 0.421. The maximum Gasteiger partial charge on any atom is 2.00 e. The summed E-state index contributed by atoms with van der Waals surface area (Å²) >= 11 is 0. The predicted molar refractivity (Wildman–Crippen MR) is 152 cm³/mol. The Bertz CT molecular complexity index is 1370. The molecule has 1 amide bonds. The number of hydrogen-bond donors (Lipinski definition) is 1. The number of Topliss-reactive ketones (excluding diaryl/α,β-unsaturated/α-hetero) is 1. The summed E-state index contributed by atoms with van der Waals surface area (Å²) in [6, 6.07) is 20.0. The summed E-state index contributed by atoms with van der Waals surface area (Å²) < 4.78 is 0. The van der Waals surface area contributed by atoms with E-state index in [1.807, 2.05) is 92.7 Å². The van der Waals surface area contributed by atoms with Crippen molar-refractivity contribution in [2.24, 2.45) is 0 Å². The van der Waals surface area contributed by atoms with E-state index in [2.05, 4.69) is 33.0 Å². The number of carbonyl (C=O) groups excluding carboxylic acids is 2. The maximum absolute atomic E-state index is 14.0. The minimum Gasteiger partial charge on any atom is -1.00 e. The molecule has 4 rings (SSSR count). The molecule has 1 aliphatic rings.